The fourth-order valence-electron chi connectivity index (χ4n) is 1.57. The van der Waals surface area contributed by atoms with Crippen LogP contribution in [0.25, 0.3) is 5.65 Å². The smallest absolute Gasteiger partial charge is 0.155 e. The Morgan fingerprint density at radius 2 is 2.31 bits per heavy atom. The molecule has 2 aromatic rings. The minimum atomic E-state index is 0.710. The van der Waals surface area contributed by atoms with Crippen LogP contribution in [0.4, 0.5) is 0 Å². The molecule has 13 heavy (non-hydrogen) atoms. The van der Waals surface area contributed by atoms with Gasteiger partial charge in [0.05, 0.1) is 5.69 Å². The van der Waals surface area contributed by atoms with Crippen LogP contribution in [-0.2, 0) is 0 Å². The SMILES string of the molecule is Cc1ccn2nc(C3CC3)cc2n1. The number of aryl methyl sites for hydroxylation is 1. The zero-order valence-corrected chi connectivity index (χ0v) is 7.57. The molecule has 1 aliphatic carbocycles. The third-order valence-electron chi connectivity index (χ3n) is 2.48. The van der Waals surface area contributed by atoms with Crippen LogP contribution in [0.15, 0.2) is 18.3 Å². The average Bonchev–Trinajstić information content (AvgIpc) is 2.87. The summed E-state index contributed by atoms with van der Waals surface area (Å²) in [6, 6.07) is 4.08. The Labute approximate surface area is 76.4 Å². The number of rotatable bonds is 1. The minimum absolute atomic E-state index is 0.710. The Bertz CT molecular complexity index is 454. The van der Waals surface area contributed by atoms with Gasteiger partial charge in [0.1, 0.15) is 0 Å². The molecule has 0 aromatic carbocycles. The van der Waals surface area contributed by atoms with Crippen molar-refractivity contribution in [2.75, 3.05) is 0 Å². The van der Waals surface area contributed by atoms with Gasteiger partial charge in [0.25, 0.3) is 0 Å². The average molecular weight is 173 g/mol. The summed E-state index contributed by atoms with van der Waals surface area (Å²) in [5.41, 5.74) is 3.23. The Balaban J connectivity index is 2.20. The Kier molecular flexibility index (Phi) is 1.26. The van der Waals surface area contributed by atoms with Crippen LogP contribution >= 0.6 is 0 Å². The Hall–Kier alpha value is -1.38. The van der Waals surface area contributed by atoms with Gasteiger partial charge in [-0.25, -0.2) is 9.50 Å². The molecule has 3 nitrogen and oxygen atoms in total. The molecule has 66 valence electrons. The van der Waals surface area contributed by atoms with E-state index < -0.39 is 0 Å². The first-order valence-electron chi connectivity index (χ1n) is 4.66. The van der Waals surface area contributed by atoms with E-state index in [2.05, 4.69) is 16.1 Å². The van der Waals surface area contributed by atoms with Gasteiger partial charge in [-0.3, -0.25) is 0 Å². The largest absolute Gasteiger partial charge is 0.234 e. The van der Waals surface area contributed by atoms with Gasteiger partial charge in [0.2, 0.25) is 0 Å². The lowest BCUT2D eigenvalue weighted by molar-refractivity contribution is 0.877. The molecule has 1 fully saturated rings. The zero-order valence-electron chi connectivity index (χ0n) is 7.57. The summed E-state index contributed by atoms with van der Waals surface area (Å²) in [6.07, 6.45) is 4.56. The molecule has 0 aliphatic heterocycles. The molecule has 0 radical (unpaired) electrons. The number of fused-ring (bicyclic) bond motifs is 1. The second-order valence-corrected chi connectivity index (χ2v) is 3.72. The highest BCUT2D eigenvalue weighted by Gasteiger charge is 2.26. The first-order chi connectivity index (χ1) is 6.33. The van der Waals surface area contributed by atoms with E-state index in [0.717, 1.165) is 11.3 Å². The van der Waals surface area contributed by atoms with Gasteiger partial charge in [-0.15, -0.1) is 0 Å². The first-order valence-corrected chi connectivity index (χ1v) is 4.66. The summed E-state index contributed by atoms with van der Waals surface area (Å²) in [4.78, 5) is 4.41. The van der Waals surface area contributed by atoms with Crippen molar-refractivity contribution in [1.29, 1.82) is 0 Å². The number of hydrogen-bond donors (Lipinski definition) is 0. The van der Waals surface area contributed by atoms with Crippen LogP contribution in [0, 0.1) is 6.92 Å². The normalized spacial score (nSPS) is 16.7. The molecule has 0 bridgehead atoms. The molecule has 0 amide bonds. The van der Waals surface area contributed by atoms with Gasteiger partial charge < -0.3 is 0 Å². The predicted octanol–water partition coefficient (Wildman–Crippen LogP) is 1.92. The number of nitrogens with zero attached hydrogens (tertiary/aromatic N) is 3. The molecule has 1 saturated carbocycles. The van der Waals surface area contributed by atoms with Gasteiger partial charge in [-0.05, 0) is 25.8 Å². The van der Waals surface area contributed by atoms with Crippen LogP contribution in [0.1, 0.15) is 30.1 Å². The maximum Gasteiger partial charge on any atom is 0.155 e. The highest BCUT2D eigenvalue weighted by molar-refractivity contribution is 5.41. The fourth-order valence-corrected chi connectivity index (χ4v) is 1.57. The van der Waals surface area contributed by atoms with Crippen molar-refractivity contribution in [2.45, 2.75) is 25.7 Å². The highest BCUT2D eigenvalue weighted by Crippen LogP contribution is 2.39. The highest BCUT2D eigenvalue weighted by atomic mass is 15.2. The summed E-state index contributed by atoms with van der Waals surface area (Å²) in [5.74, 6) is 0.710. The van der Waals surface area contributed by atoms with Crippen molar-refractivity contribution in [1.82, 2.24) is 14.6 Å². The van der Waals surface area contributed by atoms with E-state index in [0.29, 0.717) is 5.92 Å². The summed E-state index contributed by atoms with van der Waals surface area (Å²) in [6.45, 7) is 2.00. The van der Waals surface area contributed by atoms with Crippen molar-refractivity contribution in [3.05, 3.63) is 29.7 Å². The van der Waals surface area contributed by atoms with E-state index in [-0.39, 0.29) is 0 Å². The van der Waals surface area contributed by atoms with Crippen molar-refractivity contribution in [3.8, 4) is 0 Å². The molecule has 2 aromatic heterocycles. The van der Waals surface area contributed by atoms with Crippen LogP contribution in [0.3, 0.4) is 0 Å². The van der Waals surface area contributed by atoms with E-state index in [1.165, 1.54) is 18.5 Å². The van der Waals surface area contributed by atoms with Crippen LogP contribution in [0.5, 0.6) is 0 Å². The standard InChI is InChI=1S/C10H11N3/c1-7-4-5-13-10(11-7)6-9(12-13)8-2-3-8/h4-6,8H,2-3H2,1H3. The van der Waals surface area contributed by atoms with Crippen LogP contribution < -0.4 is 0 Å². The zero-order chi connectivity index (χ0) is 8.84. The van der Waals surface area contributed by atoms with Gasteiger partial charge >= 0.3 is 0 Å². The molecule has 0 unspecified atom stereocenters. The lowest BCUT2D eigenvalue weighted by atomic mass is 10.3. The van der Waals surface area contributed by atoms with Gasteiger partial charge in [0, 0.05) is 23.9 Å². The molecule has 1 aliphatic rings. The monoisotopic (exact) mass is 173 g/mol. The van der Waals surface area contributed by atoms with Crippen molar-refractivity contribution < 1.29 is 0 Å². The minimum Gasteiger partial charge on any atom is -0.234 e. The summed E-state index contributed by atoms with van der Waals surface area (Å²) >= 11 is 0. The topological polar surface area (TPSA) is 30.2 Å². The quantitative estimate of drug-likeness (QED) is 0.659. The molecule has 0 N–H and O–H groups in total. The predicted molar refractivity (Wildman–Crippen MR) is 49.7 cm³/mol. The third kappa shape index (κ3) is 1.11. The second-order valence-electron chi connectivity index (χ2n) is 3.72. The molecule has 3 rings (SSSR count). The fraction of sp³-hybridized carbons (Fsp3) is 0.400. The summed E-state index contributed by atoms with van der Waals surface area (Å²) in [7, 11) is 0. The lowest BCUT2D eigenvalue weighted by Gasteiger charge is -1.91. The van der Waals surface area contributed by atoms with E-state index in [4.69, 9.17) is 0 Å². The first kappa shape index (κ1) is 7.06. The molecule has 3 heteroatoms. The summed E-state index contributed by atoms with van der Waals surface area (Å²) < 4.78 is 1.86. The molecule has 0 atom stereocenters. The molecular formula is C10H11N3. The molecule has 0 spiro atoms. The molecule has 0 saturated heterocycles. The van der Waals surface area contributed by atoms with E-state index >= 15 is 0 Å². The van der Waals surface area contributed by atoms with Gasteiger partial charge in [0.15, 0.2) is 5.65 Å². The lowest BCUT2D eigenvalue weighted by Crippen LogP contribution is -1.90. The van der Waals surface area contributed by atoms with Crippen molar-refractivity contribution in [3.63, 3.8) is 0 Å². The van der Waals surface area contributed by atoms with Gasteiger partial charge in [-0.1, -0.05) is 0 Å². The number of aromatic nitrogens is 3. The van der Waals surface area contributed by atoms with Crippen LogP contribution in [0.2, 0.25) is 0 Å². The van der Waals surface area contributed by atoms with Crippen LogP contribution in [-0.4, -0.2) is 14.6 Å². The Morgan fingerprint density at radius 3 is 3.08 bits per heavy atom. The van der Waals surface area contributed by atoms with Gasteiger partial charge in [-0.2, -0.15) is 5.10 Å². The van der Waals surface area contributed by atoms with E-state index in [9.17, 15) is 0 Å². The maximum atomic E-state index is 4.47. The number of hydrogen-bond acceptors (Lipinski definition) is 2. The van der Waals surface area contributed by atoms with Crippen molar-refractivity contribution in [2.24, 2.45) is 0 Å². The van der Waals surface area contributed by atoms with E-state index in [1.807, 2.05) is 23.7 Å². The van der Waals surface area contributed by atoms with Crippen molar-refractivity contribution >= 4 is 5.65 Å². The maximum absolute atomic E-state index is 4.47. The molecular weight excluding hydrogens is 162 g/mol. The third-order valence-corrected chi connectivity index (χ3v) is 2.48. The summed E-state index contributed by atoms with van der Waals surface area (Å²) in [5, 5.41) is 4.47. The van der Waals surface area contributed by atoms with E-state index in [1.54, 1.807) is 0 Å². The second kappa shape index (κ2) is 2.31. The Morgan fingerprint density at radius 1 is 1.46 bits per heavy atom. The molecule has 2 heterocycles.